The Labute approximate surface area is 171 Å². The second-order valence-corrected chi connectivity index (χ2v) is 7.66. The zero-order chi connectivity index (χ0) is 18.9. The Hall–Kier alpha value is -1.66. The first kappa shape index (κ1) is 20.6. The summed E-state index contributed by atoms with van der Waals surface area (Å²) in [6, 6.07) is 13.7. The molecule has 138 valence electrons. The molecule has 6 heteroatoms. The van der Waals surface area contributed by atoms with Crippen LogP contribution in [0.2, 0.25) is 0 Å². The molecule has 2 aromatic carbocycles. The molecule has 0 bridgehead atoms. The predicted octanol–water partition coefficient (Wildman–Crippen LogP) is 5.61. The third kappa shape index (κ3) is 6.25. The smallest absolute Gasteiger partial charge is 0.277 e. The predicted molar refractivity (Wildman–Crippen MR) is 113 cm³/mol. The van der Waals surface area contributed by atoms with Gasteiger partial charge in [0.2, 0.25) is 0 Å². The molecule has 1 N–H and O–H groups in total. The van der Waals surface area contributed by atoms with Crippen molar-refractivity contribution < 1.29 is 9.53 Å². The molecule has 0 heterocycles. The SMILES string of the molecule is CCCC/C(=N\NC(=O)COc1c(C)cc(Br)cc1Br)c1ccccc1. The van der Waals surface area contributed by atoms with Crippen LogP contribution >= 0.6 is 31.9 Å². The van der Waals surface area contributed by atoms with E-state index in [0.29, 0.717) is 5.75 Å². The molecule has 4 nitrogen and oxygen atoms in total. The Bertz CT molecular complexity index is 754. The fourth-order valence-electron chi connectivity index (χ4n) is 2.41. The van der Waals surface area contributed by atoms with Gasteiger partial charge < -0.3 is 4.74 Å². The lowest BCUT2D eigenvalue weighted by molar-refractivity contribution is -0.123. The van der Waals surface area contributed by atoms with Crippen molar-refractivity contribution in [2.24, 2.45) is 5.10 Å². The third-order valence-corrected chi connectivity index (χ3v) is 4.78. The first-order valence-corrected chi connectivity index (χ1v) is 10.1. The van der Waals surface area contributed by atoms with Crippen LogP contribution in [0.25, 0.3) is 0 Å². The van der Waals surface area contributed by atoms with Gasteiger partial charge in [-0.25, -0.2) is 5.43 Å². The minimum atomic E-state index is -0.288. The fourth-order valence-corrected chi connectivity index (χ4v) is 3.96. The van der Waals surface area contributed by atoms with Gasteiger partial charge in [-0.15, -0.1) is 0 Å². The molecule has 26 heavy (non-hydrogen) atoms. The Morgan fingerprint density at radius 1 is 1.19 bits per heavy atom. The van der Waals surface area contributed by atoms with E-state index in [2.05, 4.69) is 49.3 Å². The van der Waals surface area contributed by atoms with Gasteiger partial charge in [-0.3, -0.25) is 4.79 Å². The quantitative estimate of drug-likeness (QED) is 0.393. The van der Waals surface area contributed by atoms with E-state index in [1.165, 1.54) is 0 Å². The van der Waals surface area contributed by atoms with Crippen LogP contribution in [0.3, 0.4) is 0 Å². The molecular weight excluding hydrogens is 460 g/mol. The standard InChI is InChI=1S/C20H22Br2N2O2/c1-3-4-10-18(15-8-6-5-7-9-15)23-24-19(25)13-26-20-14(2)11-16(21)12-17(20)22/h5-9,11-12H,3-4,10,13H2,1-2H3,(H,24,25)/b23-18+. The number of ether oxygens (including phenoxy) is 1. The van der Waals surface area contributed by atoms with Crippen molar-refractivity contribution in [3.8, 4) is 5.75 Å². The van der Waals surface area contributed by atoms with Crippen molar-refractivity contribution in [1.82, 2.24) is 5.43 Å². The molecule has 0 spiro atoms. The number of hydrogen-bond acceptors (Lipinski definition) is 3. The van der Waals surface area contributed by atoms with Gasteiger partial charge in [0.05, 0.1) is 10.2 Å². The first-order valence-electron chi connectivity index (χ1n) is 8.50. The number of hydrogen-bond donors (Lipinski definition) is 1. The van der Waals surface area contributed by atoms with Crippen LogP contribution in [0.1, 0.15) is 37.3 Å². The molecule has 0 aliphatic carbocycles. The summed E-state index contributed by atoms with van der Waals surface area (Å²) in [6.45, 7) is 3.97. The summed E-state index contributed by atoms with van der Waals surface area (Å²) in [6.07, 6.45) is 2.91. The first-order chi connectivity index (χ1) is 12.5. The van der Waals surface area contributed by atoms with Crippen LogP contribution in [0.15, 0.2) is 56.5 Å². The monoisotopic (exact) mass is 480 g/mol. The van der Waals surface area contributed by atoms with Gasteiger partial charge in [-0.05, 0) is 59.0 Å². The highest BCUT2D eigenvalue weighted by Crippen LogP contribution is 2.32. The molecule has 0 aliphatic rings. The van der Waals surface area contributed by atoms with Crippen LogP contribution < -0.4 is 10.2 Å². The normalized spacial score (nSPS) is 11.3. The minimum Gasteiger partial charge on any atom is -0.482 e. The van der Waals surface area contributed by atoms with Crippen LogP contribution in [0.5, 0.6) is 5.75 Å². The van der Waals surface area contributed by atoms with Crippen molar-refractivity contribution in [3.05, 3.63) is 62.5 Å². The molecule has 0 unspecified atom stereocenters. The molecule has 0 saturated carbocycles. The molecule has 1 amide bonds. The number of carbonyl (C=O) groups is 1. The molecule has 0 saturated heterocycles. The lowest BCUT2D eigenvalue weighted by Crippen LogP contribution is -2.26. The summed E-state index contributed by atoms with van der Waals surface area (Å²) in [7, 11) is 0. The van der Waals surface area contributed by atoms with Crippen LogP contribution in [0, 0.1) is 6.92 Å². The molecule has 0 aromatic heterocycles. The van der Waals surface area contributed by atoms with E-state index < -0.39 is 0 Å². The summed E-state index contributed by atoms with van der Waals surface area (Å²) in [5, 5.41) is 4.32. The Balaban J connectivity index is 2.00. The second-order valence-electron chi connectivity index (χ2n) is 5.89. The molecular formula is C20H22Br2N2O2. The van der Waals surface area contributed by atoms with Gasteiger partial charge in [0.1, 0.15) is 5.75 Å². The summed E-state index contributed by atoms with van der Waals surface area (Å²) >= 11 is 6.88. The van der Waals surface area contributed by atoms with Gasteiger partial charge >= 0.3 is 0 Å². The van der Waals surface area contributed by atoms with Gasteiger partial charge in [0, 0.05) is 4.47 Å². The molecule has 2 rings (SSSR count). The van der Waals surface area contributed by atoms with E-state index in [9.17, 15) is 4.79 Å². The fraction of sp³-hybridized carbons (Fsp3) is 0.300. The largest absolute Gasteiger partial charge is 0.482 e. The number of aryl methyl sites for hydroxylation is 1. The number of amides is 1. The van der Waals surface area contributed by atoms with E-state index in [1.54, 1.807) is 0 Å². The van der Waals surface area contributed by atoms with Crippen molar-refractivity contribution in [2.75, 3.05) is 6.61 Å². The van der Waals surface area contributed by atoms with Gasteiger partial charge in [0.25, 0.3) is 5.91 Å². The summed E-state index contributed by atoms with van der Waals surface area (Å²) in [4.78, 5) is 12.1. The Kier molecular flexibility index (Phi) is 8.32. The van der Waals surface area contributed by atoms with E-state index in [-0.39, 0.29) is 12.5 Å². The Morgan fingerprint density at radius 3 is 2.58 bits per heavy atom. The van der Waals surface area contributed by atoms with Crippen molar-refractivity contribution in [1.29, 1.82) is 0 Å². The zero-order valence-corrected chi connectivity index (χ0v) is 18.1. The van der Waals surface area contributed by atoms with Crippen molar-refractivity contribution in [2.45, 2.75) is 33.1 Å². The number of rotatable bonds is 8. The molecule has 2 aromatic rings. The maximum atomic E-state index is 12.1. The number of benzene rings is 2. The van der Waals surface area contributed by atoms with E-state index in [0.717, 1.165) is 45.0 Å². The van der Waals surface area contributed by atoms with Gasteiger partial charge in [0.15, 0.2) is 6.61 Å². The van der Waals surface area contributed by atoms with E-state index in [4.69, 9.17) is 4.74 Å². The van der Waals surface area contributed by atoms with Crippen LogP contribution in [-0.4, -0.2) is 18.2 Å². The minimum absolute atomic E-state index is 0.0968. The second kappa shape index (κ2) is 10.5. The molecule has 0 radical (unpaired) electrons. The maximum absolute atomic E-state index is 12.1. The van der Waals surface area contributed by atoms with Crippen molar-refractivity contribution in [3.63, 3.8) is 0 Å². The number of carbonyl (C=O) groups excluding carboxylic acids is 1. The summed E-state index contributed by atoms with van der Waals surface area (Å²) in [5.41, 5.74) is 5.45. The topological polar surface area (TPSA) is 50.7 Å². The highest BCUT2D eigenvalue weighted by Gasteiger charge is 2.10. The van der Waals surface area contributed by atoms with Crippen LogP contribution in [0.4, 0.5) is 0 Å². The summed E-state index contributed by atoms with van der Waals surface area (Å²) in [5.74, 6) is 0.366. The molecule has 0 aliphatic heterocycles. The van der Waals surface area contributed by atoms with Crippen molar-refractivity contribution >= 4 is 43.5 Å². The number of unbranched alkanes of at least 4 members (excludes halogenated alkanes) is 1. The highest BCUT2D eigenvalue weighted by molar-refractivity contribution is 9.11. The van der Waals surface area contributed by atoms with Gasteiger partial charge in [-0.2, -0.15) is 5.10 Å². The van der Waals surface area contributed by atoms with Gasteiger partial charge in [-0.1, -0.05) is 59.6 Å². The maximum Gasteiger partial charge on any atom is 0.277 e. The lowest BCUT2D eigenvalue weighted by Gasteiger charge is -2.11. The molecule has 0 fully saturated rings. The zero-order valence-electron chi connectivity index (χ0n) is 14.9. The summed E-state index contributed by atoms with van der Waals surface area (Å²) < 4.78 is 7.40. The number of nitrogens with one attached hydrogen (secondary N) is 1. The number of nitrogens with zero attached hydrogens (tertiary/aromatic N) is 1. The average Bonchev–Trinajstić information content (AvgIpc) is 2.61. The van der Waals surface area contributed by atoms with E-state index >= 15 is 0 Å². The average molecular weight is 482 g/mol. The third-order valence-electron chi connectivity index (χ3n) is 3.73. The number of halogens is 2. The lowest BCUT2D eigenvalue weighted by atomic mass is 10.1. The highest BCUT2D eigenvalue weighted by atomic mass is 79.9. The Morgan fingerprint density at radius 2 is 1.92 bits per heavy atom. The molecule has 0 atom stereocenters. The number of hydrazone groups is 1. The van der Waals surface area contributed by atoms with Crippen LogP contribution in [-0.2, 0) is 4.79 Å². The van der Waals surface area contributed by atoms with E-state index in [1.807, 2.05) is 49.4 Å².